The molecule has 2 rings (SSSR count). The maximum Gasteiger partial charge on any atom is 0.211 e. The quantitative estimate of drug-likeness (QED) is 0.619. The Morgan fingerprint density at radius 2 is 2.11 bits per heavy atom. The first-order chi connectivity index (χ1) is 8.68. The van der Waals surface area contributed by atoms with E-state index in [9.17, 15) is 14.9 Å². The zero-order chi connectivity index (χ0) is 13.0. The molecule has 1 aliphatic heterocycles. The number of Topliss-reactive ketones (excluding diaryl/α,β-unsaturated/α-hetero) is 1. The minimum atomic E-state index is -0.315. The van der Waals surface area contributed by atoms with Crippen LogP contribution in [0.25, 0.3) is 0 Å². The van der Waals surface area contributed by atoms with Gasteiger partial charge in [0.15, 0.2) is 0 Å². The zero-order valence-corrected chi connectivity index (χ0v) is 10.8. The lowest BCUT2D eigenvalue weighted by atomic mass is 9.83. The first-order valence-electron chi connectivity index (χ1n) is 5.95. The van der Waals surface area contributed by atoms with Gasteiger partial charge in [-0.2, -0.15) is 11.8 Å². The molecule has 0 aromatic heterocycles. The van der Waals surface area contributed by atoms with Crippen molar-refractivity contribution in [2.75, 3.05) is 18.1 Å². The Labute approximate surface area is 110 Å². The third kappa shape index (κ3) is 3.10. The Morgan fingerprint density at radius 1 is 1.39 bits per heavy atom. The van der Waals surface area contributed by atoms with Crippen LogP contribution < -0.4 is 0 Å². The van der Waals surface area contributed by atoms with Crippen molar-refractivity contribution in [1.82, 2.24) is 0 Å². The summed E-state index contributed by atoms with van der Waals surface area (Å²) in [6.07, 6.45) is 0.538. The fraction of sp³-hybridized carbons (Fsp3) is 0.462. The molecule has 0 amide bonds. The molecule has 96 valence electrons. The van der Waals surface area contributed by atoms with E-state index in [1.165, 1.54) is 0 Å². The van der Waals surface area contributed by atoms with E-state index >= 15 is 0 Å². The van der Waals surface area contributed by atoms with E-state index in [4.69, 9.17) is 0 Å². The van der Waals surface area contributed by atoms with Gasteiger partial charge in [0, 0.05) is 28.8 Å². The molecule has 1 heterocycles. The molecule has 0 saturated carbocycles. The van der Waals surface area contributed by atoms with Crippen molar-refractivity contribution < 1.29 is 9.72 Å². The summed E-state index contributed by atoms with van der Waals surface area (Å²) in [5.41, 5.74) is 0.898. The van der Waals surface area contributed by atoms with Crippen LogP contribution in [0.4, 0.5) is 0 Å². The smallest absolute Gasteiger partial charge is 0.211 e. The second kappa shape index (κ2) is 6.00. The minimum Gasteiger partial charge on any atom is -0.299 e. The number of carbonyl (C=O) groups excluding carboxylic acids is 1. The molecule has 18 heavy (non-hydrogen) atoms. The van der Waals surface area contributed by atoms with Crippen LogP contribution in [0, 0.1) is 16.0 Å². The summed E-state index contributed by atoms with van der Waals surface area (Å²) in [4.78, 5) is 22.5. The first kappa shape index (κ1) is 13.1. The van der Waals surface area contributed by atoms with Crippen LogP contribution in [-0.2, 0) is 4.79 Å². The largest absolute Gasteiger partial charge is 0.299 e. The molecule has 1 aromatic rings. The van der Waals surface area contributed by atoms with Crippen LogP contribution in [0.5, 0.6) is 0 Å². The maximum absolute atomic E-state index is 12.0. The molecule has 5 heteroatoms. The van der Waals surface area contributed by atoms with Crippen molar-refractivity contribution in [3.8, 4) is 0 Å². The lowest BCUT2D eigenvalue weighted by Gasteiger charge is -2.26. The van der Waals surface area contributed by atoms with Crippen LogP contribution >= 0.6 is 11.8 Å². The molecule has 0 spiro atoms. The van der Waals surface area contributed by atoms with Crippen LogP contribution in [-0.4, -0.2) is 28.8 Å². The standard InChI is InChI=1S/C13H15NO3S/c15-13-6-7-18-9-12(13)11(8-14(16)17)10-4-2-1-3-5-10/h1-5,11-12H,6-9H2/t11-,12-/m0/s1. The molecular formula is C13H15NO3S. The van der Waals surface area contributed by atoms with Crippen molar-refractivity contribution in [3.05, 3.63) is 46.0 Å². The zero-order valence-electron chi connectivity index (χ0n) is 9.95. The van der Waals surface area contributed by atoms with Crippen LogP contribution in [0.3, 0.4) is 0 Å². The molecule has 1 aliphatic rings. The van der Waals surface area contributed by atoms with Gasteiger partial charge in [0.25, 0.3) is 0 Å². The van der Waals surface area contributed by atoms with Gasteiger partial charge >= 0.3 is 0 Å². The van der Waals surface area contributed by atoms with Gasteiger partial charge in [-0.05, 0) is 5.56 Å². The molecule has 4 nitrogen and oxygen atoms in total. The van der Waals surface area contributed by atoms with E-state index in [0.717, 1.165) is 11.3 Å². The summed E-state index contributed by atoms with van der Waals surface area (Å²) in [5.74, 6) is 1.21. The molecule has 0 aliphatic carbocycles. The van der Waals surface area contributed by atoms with E-state index in [0.29, 0.717) is 12.2 Å². The van der Waals surface area contributed by atoms with E-state index in [-0.39, 0.29) is 29.1 Å². The summed E-state index contributed by atoms with van der Waals surface area (Å²) in [6, 6.07) is 9.36. The predicted molar refractivity (Wildman–Crippen MR) is 71.5 cm³/mol. The van der Waals surface area contributed by atoms with Gasteiger partial charge in [0.1, 0.15) is 5.78 Å². The minimum absolute atomic E-state index is 0.166. The van der Waals surface area contributed by atoms with Crippen molar-refractivity contribution in [2.45, 2.75) is 12.3 Å². The van der Waals surface area contributed by atoms with Crippen molar-refractivity contribution in [1.29, 1.82) is 0 Å². The molecular weight excluding hydrogens is 250 g/mol. The van der Waals surface area contributed by atoms with Crippen LogP contribution in [0.15, 0.2) is 30.3 Å². The number of hydrogen-bond donors (Lipinski definition) is 0. The number of benzene rings is 1. The highest BCUT2D eigenvalue weighted by atomic mass is 32.2. The van der Waals surface area contributed by atoms with Crippen molar-refractivity contribution in [2.24, 2.45) is 5.92 Å². The number of thioether (sulfide) groups is 1. The molecule has 0 radical (unpaired) electrons. The van der Waals surface area contributed by atoms with Crippen LogP contribution in [0.2, 0.25) is 0 Å². The van der Waals surface area contributed by atoms with Gasteiger partial charge in [0.05, 0.1) is 5.92 Å². The SMILES string of the molecule is O=C1CCSC[C@H]1[C@@H](C[N+](=O)[O-])c1ccccc1. The van der Waals surface area contributed by atoms with Gasteiger partial charge in [-0.25, -0.2) is 0 Å². The van der Waals surface area contributed by atoms with Gasteiger partial charge in [-0.15, -0.1) is 0 Å². The third-order valence-electron chi connectivity index (χ3n) is 3.26. The maximum atomic E-state index is 12.0. The van der Waals surface area contributed by atoms with Gasteiger partial charge in [0.2, 0.25) is 6.54 Å². The highest BCUT2D eigenvalue weighted by Crippen LogP contribution is 2.32. The van der Waals surface area contributed by atoms with Crippen LogP contribution in [0.1, 0.15) is 17.9 Å². The van der Waals surface area contributed by atoms with E-state index < -0.39 is 0 Å². The fourth-order valence-electron chi connectivity index (χ4n) is 2.33. The Morgan fingerprint density at radius 3 is 2.72 bits per heavy atom. The first-order valence-corrected chi connectivity index (χ1v) is 7.11. The molecule has 1 saturated heterocycles. The molecule has 0 N–H and O–H groups in total. The summed E-state index contributed by atoms with van der Waals surface area (Å²) in [5, 5.41) is 10.8. The topological polar surface area (TPSA) is 60.2 Å². The Hall–Kier alpha value is -1.36. The normalized spacial score (nSPS) is 21.6. The summed E-state index contributed by atoms with van der Waals surface area (Å²) in [6.45, 7) is -0.166. The number of ketones is 1. The number of carbonyl (C=O) groups is 1. The van der Waals surface area contributed by atoms with E-state index in [1.807, 2.05) is 30.3 Å². The lowest BCUT2D eigenvalue weighted by Crippen LogP contribution is -2.32. The number of hydrogen-bond acceptors (Lipinski definition) is 4. The highest BCUT2D eigenvalue weighted by Gasteiger charge is 2.34. The van der Waals surface area contributed by atoms with E-state index in [2.05, 4.69) is 0 Å². The number of nitro groups is 1. The van der Waals surface area contributed by atoms with Crippen molar-refractivity contribution in [3.63, 3.8) is 0 Å². The predicted octanol–water partition coefficient (Wildman–Crippen LogP) is 2.37. The monoisotopic (exact) mass is 265 g/mol. The highest BCUT2D eigenvalue weighted by molar-refractivity contribution is 7.99. The Bertz CT molecular complexity index is 435. The average molecular weight is 265 g/mol. The van der Waals surface area contributed by atoms with Gasteiger partial charge in [-0.1, -0.05) is 30.3 Å². The number of nitrogens with zero attached hydrogens (tertiary/aromatic N) is 1. The van der Waals surface area contributed by atoms with E-state index in [1.54, 1.807) is 11.8 Å². The summed E-state index contributed by atoms with van der Waals surface area (Å²) >= 11 is 1.71. The molecule has 0 bridgehead atoms. The lowest BCUT2D eigenvalue weighted by molar-refractivity contribution is -0.484. The molecule has 1 fully saturated rings. The molecule has 2 atom stereocenters. The average Bonchev–Trinajstić information content (AvgIpc) is 2.38. The molecule has 0 unspecified atom stereocenters. The van der Waals surface area contributed by atoms with Gasteiger partial charge in [-0.3, -0.25) is 14.9 Å². The second-order valence-corrected chi connectivity index (χ2v) is 5.58. The van der Waals surface area contributed by atoms with Gasteiger partial charge < -0.3 is 0 Å². The Kier molecular flexibility index (Phi) is 4.36. The van der Waals surface area contributed by atoms with Crippen molar-refractivity contribution >= 4 is 17.5 Å². The third-order valence-corrected chi connectivity index (χ3v) is 4.35. The Balaban J connectivity index is 2.24. The summed E-state index contributed by atoms with van der Waals surface area (Å²) in [7, 11) is 0. The second-order valence-electron chi connectivity index (χ2n) is 4.43. The number of rotatable bonds is 4. The molecule has 1 aromatic carbocycles. The fourth-order valence-corrected chi connectivity index (χ4v) is 3.51. The summed E-state index contributed by atoms with van der Waals surface area (Å²) < 4.78 is 0.